The van der Waals surface area contributed by atoms with E-state index in [9.17, 15) is 8.78 Å². The molecule has 2 aromatic rings. The molecule has 19 heavy (non-hydrogen) atoms. The first-order valence-corrected chi connectivity index (χ1v) is 7.12. The zero-order chi connectivity index (χ0) is 14.2. The van der Waals surface area contributed by atoms with Crippen LogP contribution >= 0.6 is 39.1 Å². The van der Waals surface area contributed by atoms with E-state index in [0.717, 1.165) is 0 Å². The Morgan fingerprint density at radius 3 is 2.37 bits per heavy atom. The predicted octanol–water partition coefficient (Wildman–Crippen LogP) is 6.06. The predicted molar refractivity (Wildman–Crippen MR) is 78.3 cm³/mol. The van der Waals surface area contributed by atoms with Crippen LogP contribution in [0.3, 0.4) is 0 Å². The van der Waals surface area contributed by atoms with Crippen molar-refractivity contribution in [2.45, 2.75) is 11.8 Å². The highest BCUT2D eigenvalue weighted by atomic mass is 79.9. The maximum absolute atomic E-state index is 13.8. The van der Waals surface area contributed by atoms with Crippen molar-refractivity contribution in [3.63, 3.8) is 0 Å². The van der Waals surface area contributed by atoms with Gasteiger partial charge in [-0.25, -0.2) is 8.78 Å². The second-order valence-electron chi connectivity index (χ2n) is 4.15. The van der Waals surface area contributed by atoms with Crippen LogP contribution in [0.15, 0.2) is 30.3 Å². The van der Waals surface area contributed by atoms with E-state index in [1.54, 1.807) is 13.0 Å². The van der Waals surface area contributed by atoms with Gasteiger partial charge in [0.25, 0.3) is 0 Å². The van der Waals surface area contributed by atoms with Crippen molar-refractivity contribution in [3.8, 4) is 0 Å². The molecule has 100 valence electrons. The summed E-state index contributed by atoms with van der Waals surface area (Å²) in [6, 6.07) is 7.10. The summed E-state index contributed by atoms with van der Waals surface area (Å²) in [7, 11) is 0. The Hall–Kier alpha value is -0.640. The summed E-state index contributed by atoms with van der Waals surface area (Å²) in [5, 5.41) is 0.667. The third-order valence-corrected chi connectivity index (χ3v) is 4.33. The molecule has 0 N–H and O–H groups in total. The number of benzene rings is 2. The van der Waals surface area contributed by atoms with Crippen LogP contribution in [0.1, 0.15) is 21.5 Å². The smallest absolute Gasteiger partial charge is 0.127 e. The van der Waals surface area contributed by atoms with Crippen LogP contribution in [-0.4, -0.2) is 0 Å². The Morgan fingerprint density at radius 1 is 1.00 bits per heavy atom. The van der Waals surface area contributed by atoms with Gasteiger partial charge in [-0.2, -0.15) is 0 Å². The van der Waals surface area contributed by atoms with E-state index in [2.05, 4.69) is 15.9 Å². The summed E-state index contributed by atoms with van der Waals surface area (Å²) in [6.07, 6.45) is 0. The molecule has 0 aliphatic rings. The quantitative estimate of drug-likeness (QED) is 0.567. The number of rotatable bonds is 2. The molecule has 0 amide bonds. The highest BCUT2D eigenvalue weighted by Crippen LogP contribution is 2.38. The molecule has 1 atom stereocenters. The molecule has 0 heterocycles. The van der Waals surface area contributed by atoms with E-state index in [1.165, 1.54) is 24.3 Å². The minimum atomic E-state index is -0.488. The summed E-state index contributed by atoms with van der Waals surface area (Å²) in [5.74, 6) is -0.788. The molecule has 0 aliphatic heterocycles. The lowest BCUT2D eigenvalue weighted by Crippen LogP contribution is -1.99. The minimum Gasteiger partial charge on any atom is -0.207 e. The molecule has 0 radical (unpaired) electrons. The Labute approximate surface area is 128 Å². The van der Waals surface area contributed by atoms with Crippen molar-refractivity contribution in [1.29, 1.82) is 0 Å². The first-order valence-electron chi connectivity index (χ1n) is 5.44. The first kappa shape index (κ1) is 14.8. The van der Waals surface area contributed by atoms with Crippen LogP contribution in [-0.2, 0) is 0 Å². The molecule has 5 heteroatoms. The van der Waals surface area contributed by atoms with Crippen molar-refractivity contribution in [2.75, 3.05) is 0 Å². The van der Waals surface area contributed by atoms with Crippen molar-refractivity contribution in [3.05, 3.63) is 68.7 Å². The van der Waals surface area contributed by atoms with E-state index in [1.807, 2.05) is 0 Å². The third kappa shape index (κ3) is 3.10. The van der Waals surface area contributed by atoms with E-state index in [0.29, 0.717) is 21.7 Å². The highest BCUT2D eigenvalue weighted by molar-refractivity contribution is 9.09. The molecule has 0 nitrogen and oxygen atoms in total. The third-order valence-electron chi connectivity index (χ3n) is 2.78. The van der Waals surface area contributed by atoms with Gasteiger partial charge in [-0.15, -0.1) is 0 Å². The topological polar surface area (TPSA) is 0 Å². The normalized spacial score (nSPS) is 12.5. The van der Waals surface area contributed by atoms with Gasteiger partial charge < -0.3 is 0 Å². The van der Waals surface area contributed by atoms with Crippen molar-refractivity contribution in [1.82, 2.24) is 0 Å². The van der Waals surface area contributed by atoms with Gasteiger partial charge in [-0.05, 0) is 42.3 Å². The van der Waals surface area contributed by atoms with Crippen LogP contribution in [0.5, 0.6) is 0 Å². The summed E-state index contributed by atoms with van der Waals surface area (Å²) < 4.78 is 27.2. The van der Waals surface area contributed by atoms with Crippen LogP contribution in [0.4, 0.5) is 8.78 Å². The molecule has 2 aromatic carbocycles. The Morgan fingerprint density at radius 2 is 1.68 bits per heavy atom. The minimum absolute atomic E-state index is 0.240. The SMILES string of the molecule is Cc1cc(C(Br)c2cc(Cl)ccc2F)c(Cl)cc1F. The Kier molecular flexibility index (Phi) is 4.49. The molecule has 0 fully saturated rings. The zero-order valence-electron chi connectivity index (χ0n) is 9.85. The Balaban J connectivity index is 2.52. The van der Waals surface area contributed by atoms with Gasteiger partial charge in [-0.1, -0.05) is 45.2 Å². The van der Waals surface area contributed by atoms with Crippen LogP contribution in [0.2, 0.25) is 10.0 Å². The number of aryl methyl sites for hydroxylation is 1. The average molecular weight is 366 g/mol. The molecule has 0 saturated carbocycles. The number of hydrogen-bond acceptors (Lipinski definition) is 0. The lowest BCUT2D eigenvalue weighted by atomic mass is 10.0. The van der Waals surface area contributed by atoms with Crippen LogP contribution in [0.25, 0.3) is 0 Å². The van der Waals surface area contributed by atoms with Gasteiger partial charge in [0.2, 0.25) is 0 Å². The van der Waals surface area contributed by atoms with Crippen LogP contribution < -0.4 is 0 Å². The average Bonchev–Trinajstić information content (AvgIpc) is 2.36. The van der Waals surface area contributed by atoms with Crippen molar-refractivity contribution < 1.29 is 8.78 Å². The number of halogens is 5. The zero-order valence-corrected chi connectivity index (χ0v) is 13.0. The monoisotopic (exact) mass is 364 g/mol. The molecule has 0 aliphatic carbocycles. The maximum Gasteiger partial charge on any atom is 0.127 e. The Bertz CT molecular complexity index is 629. The molecule has 0 spiro atoms. The number of hydrogen-bond donors (Lipinski definition) is 0. The fourth-order valence-electron chi connectivity index (χ4n) is 1.75. The second-order valence-corrected chi connectivity index (χ2v) is 5.91. The lowest BCUT2D eigenvalue weighted by molar-refractivity contribution is 0.611. The molecule has 2 rings (SSSR count). The van der Waals surface area contributed by atoms with Gasteiger partial charge >= 0.3 is 0 Å². The first-order chi connectivity index (χ1) is 8.90. The standard InChI is InChI=1S/C14H9BrCl2F2/c1-7-4-9(11(17)6-13(7)19)14(15)10-5-8(16)2-3-12(10)18/h2-6,14H,1H3. The van der Waals surface area contributed by atoms with E-state index >= 15 is 0 Å². The second kappa shape index (κ2) is 5.78. The molecule has 1 unspecified atom stereocenters. The highest BCUT2D eigenvalue weighted by Gasteiger charge is 2.19. The maximum atomic E-state index is 13.8. The molecular formula is C14H9BrCl2F2. The van der Waals surface area contributed by atoms with Gasteiger partial charge in [-0.3, -0.25) is 0 Å². The van der Waals surface area contributed by atoms with E-state index in [4.69, 9.17) is 23.2 Å². The van der Waals surface area contributed by atoms with E-state index in [-0.39, 0.29) is 10.8 Å². The summed E-state index contributed by atoms with van der Waals surface area (Å²) in [4.78, 5) is -0.488. The largest absolute Gasteiger partial charge is 0.207 e. The fourth-order valence-corrected chi connectivity index (χ4v) is 3.05. The molecule has 0 bridgehead atoms. The van der Waals surface area contributed by atoms with Gasteiger partial charge in [0, 0.05) is 15.6 Å². The number of alkyl halides is 1. The van der Waals surface area contributed by atoms with E-state index < -0.39 is 10.6 Å². The van der Waals surface area contributed by atoms with Crippen LogP contribution in [0, 0.1) is 18.6 Å². The molecular weight excluding hydrogens is 357 g/mol. The van der Waals surface area contributed by atoms with Crippen molar-refractivity contribution >= 4 is 39.1 Å². The lowest BCUT2D eigenvalue weighted by Gasteiger charge is -2.15. The molecule has 0 saturated heterocycles. The molecule has 0 aromatic heterocycles. The van der Waals surface area contributed by atoms with Gasteiger partial charge in [0.15, 0.2) is 0 Å². The fraction of sp³-hybridized carbons (Fsp3) is 0.143. The summed E-state index contributed by atoms with van der Waals surface area (Å²) >= 11 is 15.3. The van der Waals surface area contributed by atoms with Gasteiger partial charge in [0.05, 0.1) is 4.83 Å². The summed E-state index contributed by atoms with van der Waals surface area (Å²) in [6.45, 7) is 1.63. The summed E-state index contributed by atoms with van der Waals surface area (Å²) in [5.41, 5.74) is 1.41. The van der Waals surface area contributed by atoms with Gasteiger partial charge in [0.1, 0.15) is 11.6 Å². The van der Waals surface area contributed by atoms with Crippen molar-refractivity contribution in [2.24, 2.45) is 0 Å².